The van der Waals surface area contributed by atoms with Gasteiger partial charge in [0.2, 0.25) is 0 Å². The quantitative estimate of drug-likeness (QED) is 0.641. The van der Waals surface area contributed by atoms with Crippen molar-refractivity contribution in [1.29, 1.82) is 0 Å². The highest BCUT2D eigenvalue weighted by molar-refractivity contribution is 5.95. The second-order valence-corrected chi connectivity index (χ2v) is 6.27. The molecule has 3 rings (SSSR count). The summed E-state index contributed by atoms with van der Waals surface area (Å²) in [7, 11) is 0. The number of hydrogen-bond donors (Lipinski definition) is 2. The first-order chi connectivity index (χ1) is 10.1. The summed E-state index contributed by atoms with van der Waals surface area (Å²) in [5.41, 5.74) is 5.26. The lowest BCUT2D eigenvalue weighted by Gasteiger charge is -2.42. The van der Waals surface area contributed by atoms with Gasteiger partial charge in [-0.3, -0.25) is 15.5 Å². The first-order valence-electron chi connectivity index (χ1n) is 7.72. The van der Waals surface area contributed by atoms with Crippen molar-refractivity contribution in [3.05, 3.63) is 29.3 Å². The Bertz CT molecular complexity index is 545. The van der Waals surface area contributed by atoms with Crippen LogP contribution in [-0.4, -0.2) is 47.4 Å². The zero-order valence-electron chi connectivity index (χ0n) is 12.8. The van der Waals surface area contributed by atoms with E-state index in [9.17, 15) is 4.79 Å². The Labute approximate surface area is 126 Å². The van der Waals surface area contributed by atoms with E-state index in [0.29, 0.717) is 6.04 Å². The monoisotopic (exact) mass is 288 g/mol. The van der Waals surface area contributed by atoms with E-state index in [0.717, 1.165) is 29.9 Å². The van der Waals surface area contributed by atoms with Crippen LogP contribution in [0.2, 0.25) is 0 Å². The first-order valence-corrected chi connectivity index (χ1v) is 7.72. The molecule has 0 aliphatic carbocycles. The Morgan fingerprint density at radius 3 is 2.90 bits per heavy atom. The van der Waals surface area contributed by atoms with Gasteiger partial charge in [-0.05, 0) is 57.0 Å². The molecular formula is C16H24N4O. The lowest BCUT2D eigenvalue weighted by molar-refractivity contribution is 0.0395. The fraction of sp³-hybridized carbons (Fsp3) is 0.562. The first kappa shape index (κ1) is 14.4. The zero-order chi connectivity index (χ0) is 15.0. The summed E-state index contributed by atoms with van der Waals surface area (Å²) >= 11 is 0. The molecule has 0 radical (unpaired) electrons. The van der Waals surface area contributed by atoms with Crippen LogP contribution in [0.5, 0.6) is 0 Å². The Morgan fingerprint density at radius 2 is 2.19 bits per heavy atom. The van der Waals surface area contributed by atoms with E-state index in [1.54, 1.807) is 0 Å². The molecule has 1 amide bonds. The summed E-state index contributed by atoms with van der Waals surface area (Å²) in [6.45, 7) is 7.15. The van der Waals surface area contributed by atoms with Gasteiger partial charge in [-0.1, -0.05) is 0 Å². The number of benzene rings is 1. The lowest BCUT2D eigenvalue weighted by atomic mass is 10.0. The van der Waals surface area contributed by atoms with Crippen LogP contribution in [0, 0.1) is 6.92 Å². The highest BCUT2D eigenvalue weighted by Gasteiger charge is 2.36. The van der Waals surface area contributed by atoms with Crippen LogP contribution in [-0.2, 0) is 0 Å². The largest absolute Gasteiger partial charge is 0.333 e. The highest BCUT2D eigenvalue weighted by atomic mass is 16.2. The van der Waals surface area contributed by atoms with Crippen molar-refractivity contribution in [3.63, 3.8) is 0 Å². The molecule has 2 aliphatic rings. The van der Waals surface area contributed by atoms with Gasteiger partial charge in [0.1, 0.15) is 0 Å². The number of piperazine rings is 1. The molecule has 2 unspecified atom stereocenters. The van der Waals surface area contributed by atoms with Gasteiger partial charge in [0.05, 0.1) is 5.69 Å². The van der Waals surface area contributed by atoms with Gasteiger partial charge in [-0.15, -0.1) is 0 Å². The number of carbonyl (C=O) groups is 1. The van der Waals surface area contributed by atoms with Crippen LogP contribution in [0.3, 0.4) is 0 Å². The van der Waals surface area contributed by atoms with E-state index in [1.807, 2.05) is 30.0 Å². The average Bonchev–Trinajstić information content (AvgIpc) is 2.92. The molecule has 114 valence electrons. The van der Waals surface area contributed by atoms with Gasteiger partial charge in [-0.2, -0.15) is 0 Å². The molecule has 1 aromatic rings. The number of carbonyl (C=O) groups excluding carboxylic acids is 1. The molecule has 3 N–H and O–H groups in total. The molecule has 2 heterocycles. The van der Waals surface area contributed by atoms with E-state index < -0.39 is 0 Å². The number of amides is 1. The third kappa shape index (κ3) is 2.63. The minimum atomic E-state index is 0.140. The summed E-state index contributed by atoms with van der Waals surface area (Å²) in [5.74, 6) is 5.59. The number of aryl methyl sites for hydroxylation is 1. The number of hydrogen-bond acceptors (Lipinski definition) is 4. The maximum Gasteiger partial charge on any atom is 0.254 e. The molecule has 0 bridgehead atoms. The van der Waals surface area contributed by atoms with Gasteiger partial charge in [-0.25, -0.2) is 0 Å². The number of nitrogen functional groups attached to an aromatic ring is 1. The molecule has 5 nitrogen and oxygen atoms in total. The molecule has 0 aromatic heterocycles. The molecule has 1 aromatic carbocycles. The molecule has 0 saturated carbocycles. The van der Waals surface area contributed by atoms with Gasteiger partial charge in [0.15, 0.2) is 0 Å². The number of nitrogens with zero attached hydrogens (tertiary/aromatic N) is 2. The maximum atomic E-state index is 12.8. The predicted molar refractivity (Wildman–Crippen MR) is 84.1 cm³/mol. The molecule has 0 spiro atoms. The molecular weight excluding hydrogens is 264 g/mol. The number of anilines is 1. The van der Waals surface area contributed by atoms with Crippen molar-refractivity contribution in [2.24, 2.45) is 5.84 Å². The lowest BCUT2D eigenvalue weighted by Crippen LogP contribution is -2.56. The second-order valence-electron chi connectivity index (χ2n) is 6.27. The van der Waals surface area contributed by atoms with Crippen LogP contribution >= 0.6 is 0 Å². The van der Waals surface area contributed by atoms with E-state index in [-0.39, 0.29) is 11.9 Å². The minimum absolute atomic E-state index is 0.140. The van der Waals surface area contributed by atoms with Crippen LogP contribution in [0.1, 0.15) is 35.7 Å². The summed E-state index contributed by atoms with van der Waals surface area (Å²) in [6, 6.07) is 6.48. The molecule has 21 heavy (non-hydrogen) atoms. The van der Waals surface area contributed by atoms with Crippen molar-refractivity contribution >= 4 is 11.6 Å². The van der Waals surface area contributed by atoms with E-state index in [1.165, 1.54) is 19.4 Å². The van der Waals surface area contributed by atoms with Gasteiger partial charge < -0.3 is 10.3 Å². The number of fused-ring (bicyclic) bond motifs is 1. The maximum absolute atomic E-state index is 12.8. The Morgan fingerprint density at radius 1 is 1.38 bits per heavy atom. The number of nitrogens with two attached hydrogens (primary N) is 1. The Kier molecular flexibility index (Phi) is 3.87. The zero-order valence-corrected chi connectivity index (χ0v) is 12.8. The number of rotatable bonds is 2. The van der Waals surface area contributed by atoms with Crippen LogP contribution in [0.4, 0.5) is 5.69 Å². The molecule has 5 heteroatoms. The Balaban J connectivity index is 1.79. The van der Waals surface area contributed by atoms with E-state index >= 15 is 0 Å². The standard InChI is InChI=1S/C16H24N4O/c1-11-8-13(5-6-15(11)18-17)16(21)20-10-14-4-3-7-19(14)9-12(20)2/h5-6,8,12,14,18H,3-4,7,9-10,17H2,1-2H3. The highest BCUT2D eigenvalue weighted by Crippen LogP contribution is 2.26. The summed E-state index contributed by atoms with van der Waals surface area (Å²) in [6.07, 6.45) is 2.47. The van der Waals surface area contributed by atoms with Crippen molar-refractivity contribution in [2.45, 2.75) is 38.8 Å². The Hall–Kier alpha value is -1.59. The van der Waals surface area contributed by atoms with Crippen LogP contribution in [0.15, 0.2) is 18.2 Å². The van der Waals surface area contributed by atoms with Crippen molar-refractivity contribution < 1.29 is 4.79 Å². The summed E-state index contributed by atoms with van der Waals surface area (Å²) in [5, 5.41) is 0. The predicted octanol–water partition coefficient (Wildman–Crippen LogP) is 1.59. The number of hydrazine groups is 1. The van der Waals surface area contributed by atoms with E-state index in [2.05, 4.69) is 17.2 Å². The van der Waals surface area contributed by atoms with Gasteiger partial charge in [0, 0.05) is 30.7 Å². The SMILES string of the molecule is Cc1cc(C(=O)N2CC3CCCN3CC2C)ccc1NN. The van der Waals surface area contributed by atoms with Crippen LogP contribution < -0.4 is 11.3 Å². The number of nitrogens with one attached hydrogen (secondary N) is 1. The smallest absolute Gasteiger partial charge is 0.254 e. The fourth-order valence-electron chi connectivity index (χ4n) is 3.59. The summed E-state index contributed by atoms with van der Waals surface area (Å²) in [4.78, 5) is 17.4. The molecule has 2 saturated heterocycles. The van der Waals surface area contributed by atoms with Crippen molar-refractivity contribution in [3.8, 4) is 0 Å². The van der Waals surface area contributed by atoms with Crippen molar-refractivity contribution in [1.82, 2.24) is 9.80 Å². The third-order valence-electron chi connectivity index (χ3n) is 4.83. The van der Waals surface area contributed by atoms with Gasteiger partial charge in [0.25, 0.3) is 5.91 Å². The summed E-state index contributed by atoms with van der Waals surface area (Å²) < 4.78 is 0. The third-order valence-corrected chi connectivity index (χ3v) is 4.83. The molecule has 2 atom stereocenters. The normalized spacial score (nSPS) is 25.8. The average molecular weight is 288 g/mol. The topological polar surface area (TPSA) is 61.6 Å². The fourth-order valence-corrected chi connectivity index (χ4v) is 3.59. The minimum Gasteiger partial charge on any atom is -0.333 e. The molecule has 2 aliphatic heterocycles. The van der Waals surface area contributed by atoms with Gasteiger partial charge >= 0.3 is 0 Å². The molecule has 2 fully saturated rings. The van der Waals surface area contributed by atoms with Crippen LogP contribution in [0.25, 0.3) is 0 Å². The van der Waals surface area contributed by atoms with Crippen molar-refractivity contribution in [2.75, 3.05) is 25.1 Å². The van der Waals surface area contributed by atoms with E-state index in [4.69, 9.17) is 5.84 Å². The second kappa shape index (κ2) is 5.66.